The van der Waals surface area contributed by atoms with Gasteiger partial charge in [0.25, 0.3) is 11.9 Å². The second-order valence-electron chi connectivity index (χ2n) is 9.77. The topological polar surface area (TPSA) is 101 Å². The number of hydrogen-bond acceptors (Lipinski definition) is 7. The number of nitrogens with one attached hydrogen (secondary N) is 1. The van der Waals surface area contributed by atoms with Crippen LogP contribution in [0.4, 0.5) is 10.3 Å². The van der Waals surface area contributed by atoms with E-state index in [1.807, 2.05) is 0 Å². The summed E-state index contributed by atoms with van der Waals surface area (Å²) in [7, 11) is 0. The van der Waals surface area contributed by atoms with Crippen LogP contribution >= 0.6 is 0 Å². The molecule has 8 nitrogen and oxygen atoms in total. The van der Waals surface area contributed by atoms with Crippen LogP contribution in [0.5, 0.6) is 5.75 Å². The number of nitrogens with zero attached hydrogens (tertiary/aromatic N) is 3. The van der Waals surface area contributed by atoms with Crippen LogP contribution in [0.15, 0.2) is 22.7 Å². The van der Waals surface area contributed by atoms with Crippen LogP contribution in [0.3, 0.4) is 0 Å². The van der Waals surface area contributed by atoms with Gasteiger partial charge in [-0.1, -0.05) is 20.8 Å². The highest BCUT2D eigenvalue weighted by Crippen LogP contribution is 2.27. The molecule has 0 saturated carbocycles. The van der Waals surface area contributed by atoms with E-state index in [0.29, 0.717) is 30.1 Å². The van der Waals surface area contributed by atoms with Gasteiger partial charge in [0, 0.05) is 30.6 Å². The summed E-state index contributed by atoms with van der Waals surface area (Å²) in [6, 6.07) is 3.79. The van der Waals surface area contributed by atoms with Crippen molar-refractivity contribution in [3.05, 3.63) is 35.5 Å². The molecule has 1 amide bonds. The molecule has 1 aliphatic heterocycles. The molecule has 3 rings (SSSR count). The quantitative estimate of drug-likeness (QED) is 0.548. The zero-order valence-corrected chi connectivity index (χ0v) is 19.9. The van der Waals surface area contributed by atoms with Crippen molar-refractivity contribution in [3.8, 4) is 5.75 Å². The minimum absolute atomic E-state index is 0.0642. The molecule has 1 fully saturated rings. The van der Waals surface area contributed by atoms with Crippen LogP contribution in [0.2, 0.25) is 0 Å². The number of anilines is 1. The fourth-order valence-electron chi connectivity index (χ4n) is 3.75. The van der Waals surface area contributed by atoms with Gasteiger partial charge < -0.3 is 24.6 Å². The van der Waals surface area contributed by atoms with Crippen molar-refractivity contribution >= 4 is 11.9 Å². The van der Waals surface area contributed by atoms with E-state index < -0.39 is 17.8 Å². The summed E-state index contributed by atoms with van der Waals surface area (Å²) in [6.45, 7) is 9.89. The van der Waals surface area contributed by atoms with Crippen molar-refractivity contribution in [1.82, 2.24) is 15.5 Å². The van der Waals surface area contributed by atoms with Gasteiger partial charge in [0.2, 0.25) is 5.89 Å². The Bertz CT molecular complexity index is 919. The molecule has 0 radical (unpaired) electrons. The number of ether oxygens (including phenoxy) is 1. The van der Waals surface area contributed by atoms with E-state index in [1.54, 1.807) is 13.0 Å². The molecule has 1 atom stereocenters. The molecule has 0 bridgehead atoms. The molecular formula is C24H35FN4O4. The Kier molecular flexibility index (Phi) is 8.29. The summed E-state index contributed by atoms with van der Waals surface area (Å²) in [5, 5.41) is 15.7. The summed E-state index contributed by atoms with van der Waals surface area (Å²) in [6.07, 6.45) is 4.03. The van der Waals surface area contributed by atoms with Crippen LogP contribution in [0.1, 0.15) is 69.6 Å². The van der Waals surface area contributed by atoms with Gasteiger partial charge in [0.15, 0.2) is 0 Å². The van der Waals surface area contributed by atoms with Gasteiger partial charge >= 0.3 is 0 Å². The Labute approximate surface area is 194 Å². The van der Waals surface area contributed by atoms with Crippen molar-refractivity contribution < 1.29 is 23.6 Å². The largest absolute Gasteiger partial charge is 0.493 e. The van der Waals surface area contributed by atoms with E-state index in [0.717, 1.165) is 38.8 Å². The average Bonchev–Trinajstić information content (AvgIpc) is 3.28. The molecule has 33 heavy (non-hydrogen) atoms. The highest BCUT2D eigenvalue weighted by molar-refractivity contribution is 5.94. The normalized spacial score (nSPS) is 16.0. The number of piperidine rings is 1. The van der Waals surface area contributed by atoms with Gasteiger partial charge in [-0.15, -0.1) is 0 Å². The molecule has 9 heteroatoms. The highest BCUT2D eigenvalue weighted by Gasteiger charge is 2.26. The molecule has 1 aromatic carbocycles. The van der Waals surface area contributed by atoms with E-state index in [4.69, 9.17) is 14.4 Å². The van der Waals surface area contributed by atoms with Crippen LogP contribution in [0.25, 0.3) is 0 Å². The Morgan fingerprint density at radius 2 is 2.09 bits per heavy atom. The zero-order chi connectivity index (χ0) is 24.0. The zero-order valence-electron chi connectivity index (χ0n) is 19.9. The molecule has 2 N–H and O–H groups in total. The summed E-state index contributed by atoms with van der Waals surface area (Å²) in [4.78, 5) is 18.7. The van der Waals surface area contributed by atoms with Crippen LogP contribution in [-0.4, -0.2) is 53.5 Å². The summed E-state index contributed by atoms with van der Waals surface area (Å²) in [5.74, 6) is 1.14. The lowest BCUT2D eigenvalue weighted by molar-refractivity contribution is 0.0918. The third-order valence-electron chi connectivity index (χ3n) is 5.82. The molecule has 182 valence electrons. The predicted octanol–water partition coefficient (Wildman–Crippen LogP) is 3.69. The smallest absolute Gasteiger partial charge is 0.266 e. The highest BCUT2D eigenvalue weighted by atomic mass is 19.1. The second-order valence-corrected chi connectivity index (χ2v) is 9.77. The molecule has 2 heterocycles. The first kappa shape index (κ1) is 25.0. The molecule has 1 unspecified atom stereocenters. The van der Waals surface area contributed by atoms with Crippen molar-refractivity contribution in [3.63, 3.8) is 0 Å². The number of rotatable bonds is 9. The van der Waals surface area contributed by atoms with Gasteiger partial charge in [-0.25, -0.2) is 4.39 Å². The molecular weight excluding hydrogens is 427 g/mol. The van der Waals surface area contributed by atoms with Gasteiger partial charge in [-0.3, -0.25) is 4.79 Å². The maximum absolute atomic E-state index is 14.3. The lowest BCUT2D eigenvalue weighted by Gasteiger charge is -2.30. The number of hydrogen-bond donors (Lipinski definition) is 2. The number of halogens is 1. The van der Waals surface area contributed by atoms with E-state index in [1.165, 1.54) is 12.1 Å². The summed E-state index contributed by atoms with van der Waals surface area (Å²) < 4.78 is 25.4. The van der Waals surface area contributed by atoms with Crippen molar-refractivity contribution in [2.45, 2.75) is 64.8 Å². The minimum atomic E-state index is -0.640. The Morgan fingerprint density at radius 3 is 2.70 bits per heavy atom. The monoisotopic (exact) mass is 462 g/mol. The first-order valence-electron chi connectivity index (χ1n) is 11.6. The standard InChI is InChI=1S/C24H35FN4O4/c1-16(15-30)26-21(31)19-8-7-18(14-20(19)25)32-13-5-6-17-9-11-29(12-10-17)23-27-22(33-28-23)24(2,3)4/h7-8,14,16-17,30H,5-6,9-13,15H2,1-4H3,(H,26,31). The first-order chi connectivity index (χ1) is 15.7. The second kappa shape index (κ2) is 11.0. The fourth-order valence-corrected chi connectivity index (χ4v) is 3.75. The van der Waals surface area contributed by atoms with Gasteiger partial charge in [-0.2, -0.15) is 4.98 Å². The Morgan fingerprint density at radius 1 is 1.36 bits per heavy atom. The van der Waals surface area contributed by atoms with E-state index >= 15 is 0 Å². The number of benzene rings is 1. The molecule has 0 aliphatic carbocycles. The maximum Gasteiger partial charge on any atom is 0.266 e. The Hall–Kier alpha value is -2.68. The molecule has 2 aromatic rings. The number of aliphatic hydroxyl groups is 1. The van der Waals surface area contributed by atoms with Crippen LogP contribution in [0, 0.1) is 11.7 Å². The first-order valence-corrected chi connectivity index (χ1v) is 11.6. The van der Waals surface area contributed by atoms with Crippen molar-refractivity contribution in [2.75, 3.05) is 31.2 Å². The number of carbonyl (C=O) groups excluding carboxylic acids is 1. The number of carbonyl (C=O) groups is 1. The fraction of sp³-hybridized carbons (Fsp3) is 0.625. The van der Waals surface area contributed by atoms with Gasteiger partial charge in [0.1, 0.15) is 11.6 Å². The summed E-state index contributed by atoms with van der Waals surface area (Å²) in [5.41, 5.74) is -0.219. The van der Waals surface area contributed by atoms with E-state index in [-0.39, 0.29) is 17.6 Å². The van der Waals surface area contributed by atoms with Gasteiger partial charge in [-0.05, 0) is 55.8 Å². The van der Waals surface area contributed by atoms with Crippen LogP contribution < -0.4 is 15.0 Å². The molecule has 0 spiro atoms. The SMILES string of the molecule is CC(CO)NC(=O)c1ccc(OCCCC2CCN(c3noc(C(C)(C)C)n3)CC2)cc1F. The summed E-state index contributed by atoms with van der Waals surface area (Å²) >= 11 is 0. The predicted molar refractivity (Wildman–Crippen MR) is 123 cm³/mol. The maximum atomic E-state index is 14.3. The van der Waals surface area contributed by atoms with Gasteiger partial charge in [0.05, 0.1) is 18.8 Å². The van der Waals surface area contributed by atoms with Crippen molar-refractivity contribution in [1.29, 1.82) is 0 Å². The molecule has 1 aliphatic rings. The molecule has 1 saturated heterocycles. The number of amides is 1. The Balaban J connectivity index is 1.38. The third kappa shape index (κ3) is 6.90. The lowest BCUT2D eigenvalue weighted by atomic mass is 9.92. The third-order valence-corrected chi connectivity index (χ3v) is 5.82. The average molecular weight is 463 g/mol. The lowest BCUT2D eigenvalue weighted by Crippen LogP contribution is -2.35. The van der Waals surface area contributed by atoms with Crippen LogP contribution in [-0.2, 0) is 5.41 Å². The minimum Gasteiger partial charge on any atom is -0.493 e. The van der Waals surface area contributed by atoms with E-state index in [2.05, 4.69) is 41.1 Å². The molecule has 1 aromatic heterocycles. The van der Waals surface area contributed by atoms with E-state index in [9.17, 15) is 9.18 Å². The van der Waals surface area contributed by atoms with Crippen molar-refractivity contribution in [2.24, 2.45) is 5.92 Å². The number of aliphatic hydroxyl groups excluding tert-OH is 1. The number of aromatic nitrogens is 2.